The smallest absolute Gasteiger partial charge is 0.251 e. The molecular weight excluding hydrogens is 292 g/mol. The monoisotopic (exact) mass is 310 g/mol. The number of ether oxygens (including phenoxy) is 1. The summed E-state index contributed by atoms with van der Waals surface area (Å²) >= 11 is 0. The Morgan fingerprint density at radius 3 is 2.35 bits per heavy atom. The molecule has 3 rings (SSSR count). The van der Waals surface area contributed by atoms with Crippen molar-refractivity contribution in [3.8, 4) is 28.7 Å². The van der Waals surface area contributed by atoms with Crippen LogP contribution in [0.4, 0.5) is 0 Å². The summed E-state index contributed by atoms with van der Waals surface area (Å²) < 4.78 is 10.9. The first-order valence-electron chi connectivity index (χ1n) is 7.40. The van der Waals surface area contributed by atoms with Gasteiger partial charge in [0.15, 0.2) is 0 Å². The quantitative estimate of drug-likeness (QED) is 0.732. The van der Waals surface area contributed by atoms with E-state index in [0.29, 0.717) is 11.8 Å². The fraction of sp³-hybridized carbons (Fsp3) is 0.294. The summed E-state index contributed by atoms with van der Waals surface area (Å²) in [4.78, 5) is 8.86. The maximum absolute atomic E-state index is 5.77. The number of hydrogen-bond acceptors (Lipinski definition) is 6. The van der Waals surface area contributed by atoms with Crippen LogP contribution < -0.4 is 4.74 Å². The fourth-order valence-electron chi connectivity index (χ4n) is 2.16. The first-order valence-corrected chi connectivity index (χ1v) is 7.40. The lowest BCUT2D eigenvalue weighted by atomic mass is 10.2. The van der Waals surface area contributed by atoms with Gasteiger partial charge in [-0.15, -0.1) is 10.2 Å². The van der Waals surface area contributed by atoms with E-state index in [0.717, 1.165) is 28.4 Å². The number of hydrogen-bond donors (Lipinski definition) is 0. The van der Waals surface area contributed by atoms with Crippen molar-refractivity contribution < 1.29 is 9.15 Å². The lowest BCUT2D eigenvalue weighted by Crippen LogP contribution is -2.00. The fourth-order valence-corrected chi connectivity index (χ4v) is 2.16. The summed E-state index contributed by atoms with van der Waals surface area (Å²) in [6.45, 7) is 6.03. The average molecular weight is 310 g/mol. The van der Waals surface area contributed by atoms with Crippen molar-refractivity contribution in [2.45, 2.75) is 26.7 Å². The topological polar surface area (TPSA) is 73.9 Å². The second-order valence-electron chi connectivity index (χ2n) is 5.52. The van der Waals surface area contributed by atoms with Gasteiger partial charge < -0.3 is 9.15 Å². The van der Waals surface area contributed by atoms with Gasteiger partial charge >= 0.3 is 0 Å². The van der Waals surface area contributed by atoms with Crippen molar-refractivity contribution in [3.05, 3.63) is 42.0 Å². The first-order chi connectivity index (χ1) is 11.1. The van der Waals surface area contributed by atoms with Crippen LogP contribution in [-0.2, 0) is 0 Å². The maximum atomic E-state index is 5.77. The second kappa shape index (κ2) is 6.16. The number of methoxy groups -OCH3 is 1. The van der Waals surface area contributed by atoms with Gasteiger partial charge in [0.2, 0.25) is 5.89 Å². The summed E-state index contributed by atoms with van der Waals surface area (Å²) in [6, 6.07) is 7.46. The molecule has 0 bridgehead atoms. The van der Waals surface area contributed by atoms with Gasteiger partial charge in [-0.05, 0) is 31.2 Å². The van der Waals surface area contributed by atoms with Gasteiger partial charge in [-0.1, -0.05) is 13.8 Å². The first kappa shape index (κ1) is 15.1. The van der Waals surface area contributed by atoms with Crippen LogP contribution in [0.2, 0.25) is 0 Å². The Morgan fingerprint density at radius 2 is 1.74 bits per heavy atom. The molecule has 0 atom stereocenters. The van der Waals surface area contributed by atoms with Gasteiger partial charge in [-0.3, -0.25) is 0 Å². The third-order valence-corrected chi connectivity index (χ3v) is 3.51. The molecule has 6 nitrogen and oxygen atoms in total. The molecule has 3 aromatic rings. The summed E-state index contributed by atoms with van der Waals surface area (Å²) in [7, 11) is 1.63. The molecule has 0 radical (unpaired) electrons. The van der Waals surface area contributed by atoms with Gasteiger partial charge in [0.25, 0.3) is 5.89 Å². The molecule has 0 fully saturated rings. The highest BCUT2D eigenvalue weighted by Crippen LogP contribution is 2.26. The zero-order valence-electron chi connectivity index (χ0n) is 13.6. The Kier molecular flexibility index (Phi) is 4.06. The summed E-state index contributed by atoms with van der Waals surface area (Å²) in [5.74, 6) is 2.74. The van der Waals surface area contributed by atoms with E-state index in [9.17, 15) is 0 Å². The van der Waals surface area contributed by atoms with Crippen LogP contribution in [0, 0.1) is 6.92 Å². The Bertz CT molecular complexity index is 810. The van der Waals surface area contributed by atoms with Gasteiger partial charge in [-0.25, -0.2) is 9.97 Å². The molecule has 6 heteroatoms. The molecule has 0 saturated heterocycles. The second-order valence-corrected chi connectivity index (χ2v) is 5.52. The summed E-state index contributed by atoms with van der Waals surface area (Å²) in [5.41, 5.74) is 2.41. The molecule has 118 valence electrons. The van der Waals surface area contributed by atoms with E-state index in [-0.39, 0.29) is 5.92 Å². The standard InChI is InChI=1S/C17H18N4O2/c1-10(2)15-18-9-14(11(3)19-15)17-21-20-16(23-17)12-5-7-13(22-4)8-6-12/h5-10H,1-4H3. The van der Waals surface area contributed by atoms with E-state index in [1.165, 1.54) is 0 Å². The van der Waals surface area contributed by atoms with E-state index in [1.807, 2.05) is 31.2 Å². The third kappa shape index (κ3) is 3.06. The van der Waals surface area contributed by atoms with Crippen molar-refractivity contribution in [2.24, 2.45) is 0 Å². The van der Waals surface area contributed by atoms with Gasteiger partial charge in [0, 0.05) is 17.7 Å². The molecule has 1 aromatic carbocycles. The zero-order valence-corrected chi connectivity index (χ0v) is 13.6. The molecular formula is C17H18N4O2. The van der Waals surface area contributed by atoms with Crippen LogP contribution in [0.3, 0.4) is 0 Å². The Hall–Kier alpha value is -2.76. The molecule has 0 spiro atoms. The van der Waals surface area contributed by atoms with Crippen LogP contribution >= 0.6 is 0 Å². The van der Waals surface area contributed by atoms with E-state index in [2.05, 4.69) is 34.0 Å². The van der Waals surface area contributed by atoms with Gasteiger partial charge in [-0.2, -0.15) is 0 Å². The lowest BCUT2D eigenvalue weighted by molar-refractivity contribution is 0.415. The highest BCUT2D eigenvalue weighted by Gasteiger charge is 2.15. The highest BCUT2D eigenvalue weighted by atomic mass is 16.5. The lowest BCUT2D eigenvalue weighted by Gasteiger charge is -2.06. The average Bonchev–Trinajstić information content (AvgIpc) is 3.04. The molecule has 0 aliphatic heterocycles. The van der Waals surface area contributed by atoms with Crippen LogP contribution in [0.1, 0.15) is 31.3 Å². The normalized spacial score (nSPS) is 11.0. The van der Waals surface area contributed by atoms with Crippen molar-refractivity contribution in [1.29, 1.82) is 0 Å². The maximum Gasteiger partial charge on any atom is 0.251 e. The zero-order chi connectivity index (χ0) is 16.4. The van der Waals surface area contributed by atoms with Crippen LogP contribution in [0.5, 0.6) is 5.75 Å². The van der Waals surface area contributed by atoms with Crippen LogP contribution in [0.25, 0.3) is 22.9 Å². The summed E-state index contributed by atoms with van der Waals surface area (Å²) in [5, 5.41) is 8.22. The number of nitrogens with zero attached hydrogens (tertiary/aromatic N) is 4. The number of aryl methyl sites for hydroxylation is 1. The van der Waals surface area contributed by atoms with E-state index < -0.39 is 0 Å². The van der Waals surface area contributed by atoms with Gasteiger partial charge in [0.05, 0.1) is 18.4 Å². The van der Waals surface area contributed by atoms with Crippen molar-refractivity contribution in [3.63, 3.8) is 0 Å². The molecule has 0 unspecified atom stereocenters. The Balaban J connectivity index is 1.92. The van der Waals surface area contributed by atoms with E-state index in [1.54, 1.807) is 13.3 Å². The minimum Gasteiger partial charge on any atom is -0.497 e. The van der Waals surface area contributed by atoms with Crippen molar-refractivity contribution >= 4 is 0 Å². The Labute approximate surface area is 134 Å². The van der Waals surface area contributed by atoms with Gasteiger partial charge in [0.1, 0.15) is 11.6 Å². The molecule has 23 heavy (non-hydrogen) atoms. The predicted molar refractivity (Wildman–Crippen MR) is 86.1 cm³/mol. The molecule has 2 heterocycles. The van der Waals surface area contributed by atoms with Crippen LogP contribution in [0.15, 0.2) is 34.9 Å². The minimum absolute atomic E-state index is 0.278. The largest absolute Gasteiger partial charge is 0.497 e. The van der Waals surface area contributed by atoms with Crippen molar-refractivity contribution in [1.82, 2.24) is 20.2 Å². The minimum atomic E-state index is 0.278. The number of benzene rings is 1. The predicted octanol–water partition coefficient (Wildman–Crippen LogP) is 3.63. The van der Waals surface area contributed by atoms with Crippen molar-refractivity contribution in [2.75, 3.05) is 7.11 Å². The SMILES string of the molecule is COc1ccc(-c2nnc(-c3cnc(C(C)C)nc3C)o2)cc1. The molecule has 0 amide bonds. The molecule has 0 aliphatic carbocycles. The highest BCUT2D eigenvalue weighted by molar-refractivity contribution is 5.59. The number of aromatic nitrogens is 4. The molecule has 0 saturated carbocycles. The number of rotatable bonds is 4. The van der Waals surface area contributed by atoms with E-state index in [4.69, 9.17) is 9.15 Å². The molecule has 0 aliphatic rings. The molecule has 2 aromatic heterocycles. The van der Waals surface area contributed by atoms with Crippen LogP contribution in [-0.4, -0.2) is 27.3 Å². The Morgan fingerprint density at radius 1 is 1.04 bits per heavy atom. The molecule has 0 N–H and O–H groups in total. The third-order valence-electron chi connectivity index (χ3n) is 3.51. The summed E-state index contributed by atoms with van der Waals surface area (Å²) in [6.07, 6.45) is 1.74. The van der Waals surface area contributed by atoms with E-state index >= 15 is 0 Å².